The molecule has 2 aliphatic rings. The van der Waals surface area contributed by atoms with Gasteiger partial charge in [-0.25, -0.2) is 0 Å². The van der Waals surface area contributed by atoms with E-state index in [1.54, 1.807) is 4.90 Å². The number of carbonyl (C=O) groups excluding carboxylic acids is 1. The van der Waals surface area contributed by atoms with Crippen LogP contribution in [0.5, 0.6) is 0 Å². The summed E-state index contributed by atoms with van der Waals surface area (Å²) < 4.78 is 0. The van der Waals surface area contributed by atoms with Gasteiger partial charge in [0, 0.05) is 25.6 Å². The van der Waals surface area contributed by atoms with E-state index in [4.69, 9.17) is 5.73 Å². The van der Waals surface area contributed by atoms with E-state index in [1.807, 2.05) is 0 Å². The Morgan fingerprint density at radius 3 is 2.64 bits per heavy atom. The minimum atomic E-state index is -0.625. The first kappa shape index (κ1) is 9.93. The Morgan fingerprint density at radius 2 is 2.14 bits per heavy atom. The monoisotopic (exact) mass is 198 g/mol. The maximum Gasteiger partial charge on any atom is 0.224 e. The van der Waals surface area contributed by atoms with Crippen LogP contribution in [0.2, 0.25) is 0 Å². The number of hydrogen-bond donors (Lipinski definition) is 2. The predicted octanol–water partition coefficient (Wildman–Crippen LogP) is -0.149. The second-order valence-electron chi connectivity index (χ2n) is 4.67. The molecule has 1 heterocycles. The SMILES string of the molecule is NC1CC(=O)N(CC2(O)CCCC2)C1. The van der Waals surface area contributed by atoms with Crippen molar-refractivity contribution in [3.8, 4) is 0 Å². The molecule has 3 N–H and O–H groups in total. The smallest absolute Gasteiger partial charge is 0.224 e. The Kier molecular flexibility index (Phi) is 2.49. The van der Waals surface area contributed by atoms with Crippen molar-refractivity contribution in [3.63, 3.8) is 0 Å². The van der Waals surface area contributed by atoms with E-state index in [2.05, 4.69) is 0 Å². The fourth-order valence-electron chi connectivity index (χ4n) is 2.50. The third-order valence-corrected chi connectivity index (χ3v) is 3.26. The number of nitrogens with two attached hydrogens (primary N) is 1. The van der Waals surface area contributed by atoms with Crippen LogP contribution in [-0.4, -0.2) is 40.6 Å². The lowest BCUT2D eigenvalue weighted by molar-refractivity contribution is -0.130. The molecular weight excluding hydrogens is 180 g/mol. The third kappa shape index (κ3) is 1.91. The molecule has 1 amide bonds. The van der Waals surface area contributed by atoms with Crippen LogP contribution in [0.1, 0.15) is 32.1 Å². The number of likely N-dealkylation sites (tertiary alicyclic amines) is 1. The van der Waals surface area contributed by atoms with Gasteiger partial charge in [-0.1, -0.05) is 12.8 Å². The zero-order valence-corrected chi connectivity index (χ0v) is 8.41. The molecule has 0 spiro atoms. The highest BCUT2D eigenvalue weighted by Crippen LogP contribution is 2.31. The number of amides is 1. The van der Waals surface area contributed by atoms with E-state index in [9.17, 15) is 9.90 Å². The number of carbonyl (C=O) groups is 1. The van der Waals surface area contributed by atoms with E-state index < -0.39 is 5.60 Å². The van der Waals surface area contributed by atoms with Crippen molar-refractivity contribution < 1.29 is 9.90 Å². The van der Waals surface area contributed by atoms with Gasteiger partial charge in [0.1, 0.15) is 0 Å². The average molecular weight is 198 g/mol. The van der Waals surface area contributed by atoms with Crippen LogP contribution in [0.4, 0.5) is 0 Å². The van der Waals surface area contributed by atoms with E-state index in [-0.39, 0.29) is 11.9 Å². The first-order chi connectivity index (χ1) is 6.59. The fourth-order valence-corrected chi connectivity index (χ4v) is 2.50. The first-order valence-corrected chi connectivity index (χ1v) is 5.35. The predicted molar refractivity (Wildman–Crippen MR) is 52.6 cm³/mol. The lowest BCUT2D eigenvalue weighted by Crippen LogP contribution is -2.42. The highest BCUT2D eigenvalue weighted by molar-refractivity contribution is 5.79. The Hall–Kier alpha value is -0.610. The fraction of sp³-hybridized carbons (Fsp3) is 0.900. The lowest BCUT2D eigenvalue weighted by Gasteiger charge is -2.28. The number of nitrogens with zero attached hydrogens (tertiary/aromatic N) is 1. The van der Waals surface area contributed by atoms with Gasteiger partial charge in [-0.2, -0.15) is 0 Å². The van der Waals surface area contributed by atoms with Gasteiger partial charge in [-0.15, -0.1) is 0 Å². The van der Waals surface area contributed by atoms with E-state index >= 15 is 0 Å². The summed E-state index contributed by atoms with van der Waals surface area (Å²) in [6.07, 6.45) is 4.24. The van der Waals surface area contributed by atoms with Gasteiger partial charge in [0.25, 0.3) is 0 Å². The van der Waals surface area contributed by atoms with Crippen molar-refractivity contribution in [1.29, 1.82) is 0 Å². The lowest BCUT2D eigenvalue weighted by atomic mass is 10.0. The second-order valence-corrected chi connectivity index (χ2v) is 4.67. The largest absolute Gasteiger partial charge is 0.388 e. The minimum absolute atomic E-state index is 0.0347. The van der Waals surface area contributed by atoms with Gasteiger partial charge in [0.2, 0.25) is 5.91 Å². The zero-order chi connectivity index (χ0) is 10.2. The molecule has 0 aromatic carbocycles. The molecule has 14 heavy (non-hydrogen) atoms. The van der Waals surface area contributed by atoms with Crippen LogP contribution in [0, 0.1) is 0 Å². The van der Waals surface area contributed by atoms with Gasteiger partial charge < -0.3 is 15.7 Å². The summed E-state index contributed by atoms with van der Waals surface area (Å²) in [6, 6.07) is -0.0347. The molecule has 4 heteroatoms. The molecular formula is C10H18N2O2. The van der Waals surface area contributed by atoms with Crippen LogP contribution >= 0.6 is 0 Å². The number of β-amino-alcohol motifs (C(OH)–C–C–N with tert-alkyl or cyclic N) is 1. The van der Waals surface area contributed by atoms with Crippen molar-refractivity contribution in [2.24, 2.45) is 5.73 Å². The normalized spacial score (nSPS) is 31.4. The molecule has 80 valence electrons. The van der Waals surface area contributed by atoms with Crippen molar-refractivity contribution in [3.05, 3.63) is 0 Å². The first-order valence-electron chi connectivity index (χ1n) is 5.35. The Bertz CT molecular complexity index is 236. The highest BCUT2D eigenvalue weighted by atomic mass is 16.3. The molecule has 0 aromatic rings. The highest BCUT2D eigenvalue weighted by Gasteiger charge is 2.37. The molecule has 0 aromatic heterocycles. The maximum absolute atomic E-state index is 11.4. The number of hydrogen-bond acceptors (Lipinski definition) is 3. The molecule has 2 rings (SSSR count). The molecule has 1 aliphatic carbocycles. The summed E-state index contributed by atoms with van der Waals surface area (Å²) in [5, 5.41) is 10.1. The van der Waals surface area contributed by atoms with Gasteiger partial charge in [0.05, 0.1) is 5.60 Å². The third-order valence-electron chi connectivity index (χ3n) is 3.26. The van der Waals surface area contributed by atoms with Crippen molar-refractivity contribution in [1.82, 2.24) is 4.90 Å². The molecule has 0 radical (unpaired) electrons. The molecule has 0 bridgehead atoms. The van der Waals surface area contributed by atoms with Crippen molar-refractivity contribution in [2.45, 2.75) is 43.7 Å². The van der Waals surface area contributed by atoms with Crippen LogP contribution in [0.3, 0.4) is 0 Å². The molecule has 1 saturated carbocycles. The van der Waals surface area contributed by atoms with Crippen LogP contribution in [0.25, 0.3) is 0 Å². The van der Waals surface area contributed by atoms with E-state index in [0.717, 1.165) is 25.7 Å². The molecule has 1 aliphatic heterocycles. The molecule has 1 atom stereocenters. The van der Waals surface area contributed by atoms with E-state index in [0.29, 0.717) is 19.5 Å². The van der Waals surface area contributed by atoms with E-state index in [1.165, 1.54) is 0 Å². The van der Waals surface area contributed by atoms with Crippen LogP contribution < -0.4 is 5.73 Å². The van der Waals surface area contributed by atoms with Gasteiger partial charge >= 0.3 is 0 Å². The standard InChI is InChI=1S/C10H18N2O2/c11-8-5-9(13)12(6-8)7-10(14)3-1-2-4-10/h8,14H,1-7,11H2. The second kappa shape index (κ2) is 3.51. The summed E-state index contributed by atoms with van der Waals surface area (Å²) in [5.74, 6) is 0.0952. The Balaban J connectivity index is 1.93. The van der Waals surface area contributed by atoms with Crippen molar-refractivity contribution in [2.75, 3.05) is 13.1 Å². The summed E-state index contributed by atoms with van der Waals surface area (Å²) >= 11 is 0. The quantitative estimate of drug-likeness (QED) is 0.648. The zero-order valence-electron chi connectivity index (χ0n) is 8.41. The van der Waals surface area contributed by atoms with Gasteiger partial charge in [0.15, 0.2) is 0 Å². The van der Waals surface area contributed by atoms with Crippen LogP contribution in [0.15, 0.2) is 0 Å². The molecule has 1 unspecified atom stereocenters. The number of rotatable bonds is 2. The Morgan fingerprint density at radius 1 is 1.50 bits per heavy atom. The minimum Gasteiger partial charge on any atom is -0.388 e. The summed E-state index contributed by atoms with van der Waals surface area (Å²) in [4.78, 5) is 13.2. The molecule has 1 saturated heterocycles. The van der Waals surface area contributed by atoms with Gasteiger partial charge in [-0.05, 0) is 12.8 Å². The number of aliphatic hydroxyl groups is 1. The summed E-state index contributed by atoms with van der Waals surface area (Å²) in [6.45, 7) is 1.10. The van der Waals surface area contributed by atoms with Gasteiger partial charge in [-0.3, -0.25) is 4.79 Å². The molecule has 4 nitrogen and oxygen atoms in total. The van der Waals surface area contributed by atoms with Crippen LogP contribution in [-0.2, 0) is 4.79 Å². The average Bonchev–Trinajstić information content (AvgIpc) is 2.61. The topological polar surface area (TPSA) is 66.6 Å². The Labute approximate surface area is 84.1 Å². The maximum atomic E-state index is 11.4. The summed E-state index contributed by atoms with van der Waals surface area (Å²) in [7, 11) is 0. The molecule has 2 fully saturated rings. The van der Waals surface area contributed by atoms with Crippen molar-refractivity contribution >= 4 is 5.91 Å². The summed E-state index contributed by atoms with van der Waals surface area (Å²) in [5.41, 5.74) is 5.06.